The fraction of sp³-hybridized carbons (Fsp3) is 0.455. The first-order valence-electron chi connectivity index (χ1n) is 10.4. The van der Waals surface area contributed by atoms with Crippen molar-refractivity contribution in [2.45, 2.75) is 30.8 Å². The maximum Gasteiger partial charge on any atom is 0.244 e. The molecule has 2 heterocycles. The summed E-state index contributed by atoms with van der Waals surface area (Å²) in [6.45, 7) is 5.49. The number of halogens is 1. The Balaban J connectivity index is 1.59. The van der Waals surface area contributed by atoms with Gasteiger partial charge in [0.2, 0.25) is 10.0 Å². The van der Waals surface area contributed by atoms with Crippen molar-refractivity contribution >= 4 is 15.7 Å². The van der Waals surface area contributed by atoms with Crippen LogP contribution in [0.4, 0.5) is 10.1 Å². The molecule has 2 aromatic carbocycles. The second kappa shape index (κ2) is 8.53. The molecule has 0 N–H and O–H groups in total. The van der Waals surface area contributed by atoms with Gasteiger partial charge in [0.1, 0.15) is 11.6 Å². The van der Waals surface area contributed by atoms with E-state index in [1.165, 1.54) is 12.1 Å². The largest absolute Gasteiger partial charge is 0.496 e. The van der Waals surface area contributed by atoms with E-state index in [1.807, 2.05) is 13.0 Å². The lowest BCUT2D eigenvalue weighted by Crippen LogP contribution is -2.59. The topological polar surface area (TPSA) is 53.1 Å². The van der Waals surface area contributed by atoms with Crippen LogP contribution in [0.2, 0.25) is 0 Å². The number of anilines is 1. The lowest BCUT2D eigenvalue weighted by molar-refractivity contribution is 0.0874. The number of hydrogen-bond donors (Lipinski definition) is 0. The molecule has 2 aliphatic heterocycles. The Morgan fingerprint density at radius 3 is 2.40 bits per heavy atom. The second-order valence-electron chi connectivity index (χ2n) is 7.74. The van der Waals surface area contributed by atoms with Crippen LogP contribution in [-0.4, -0.2) is 63.6 Å². The van der Waals surface area contributed by atoms with Crippen LogP contribution in [-0.2, 0) is 16.4 Å². The molecule has 8 heteroatoms. The third-order valence-corrected chi connectivity index (χ3v) is 7.97. The van der Waals surface area contributed by atoms with Crippen LogP contribution in [0.3, 0.4) is 0 Å². The number of benzene rings is 2. The maximum absolute atomic E-state index is 13.4. The number of methoxy groups -OCH3 is 1. The molecule has 0 aromatic heterocycles. The Bertz CT molecular complexity index is 989. The Hall–Kier alpha value is -2.16. The van der Waals surface area contributed by atoms with E-state index in [9.17, 15) is 12.8 Å². The summed E-state index contributed by atoms with van der Waals surface area (Å²) in [5, 5.41) is 0. The first kappa shape index (κ1) is 21.1. The van der Waals surface area contributed by atoms with Gasteiger partial charge in [-0.1, -0.05) is 13.0 Å². The van der Waals surface area contributed by atoms with E-state index in [4.69, 9.17) is 4.74 Å². The lowest BCUT2D eigenvalue weighted by Gasteiger charge is -2.46. The summed E-state index contributed by atoms with van der Waals surface area (Å²) in [7, 11) is -2.01. The van der Waals surface area contributed by atoms with Crippen molar-refractivity contribution in [3.63, 3.8) is 0 Å². The molecule has 6 nitrogen and oxygen atoms in total. The number of nitrogens with zero attached hydrogens (tertiary/aromatic N) is 3. The van der Waals surface area contributed by atoms with Gasteiger partial charge in [0.25, 0.3) is 0 Å². The van der Waals surface area contributed by atoms with E-state index >= 15 is 0 Å². The highest BCUT2D eigenvalue weighted by Gasteiger charge is 2.42. The van der Waals surface area contributed by atoms with E-state index in [-0.39, 0.29) is 12.0 Å². The molecule has 1 atom stereocenters. The fourth-order valence-electron chi connectivity index (χ4n) is 4.48. The van der Waals surface area contributed by atoms with Crippen molar-refractivity contribution in [3.8, 4) is 5.75 Å². The molecule has 1 fully saturated rings. The molecule has 0 radical (unpaired) electrons. The third-order valence-electron chi connectivity index (χ3n) is 5.99. The van der Waals surface area contributed by atoms with Crippen LogP contribution < -0.4 is 9.64 Å². The summed E-state index contributed by atoms with van der Waals surface area (Å²) < 4.78 is 47.2. The van der Waals surface area contributed by atoms with Gasteiger partial charge in [-0.15, -0.1) is 0 Å². The summed E-state index contributed by atoms with van der Waals surface area (Å²) in [6.07, 6.45) is 1.13. The molecule has 0 aliphatic carbocycles. The number of hydrogen-bond acceptors (Lipinski definition) is 5. The van der Waals surface area contributed by atoms with Crippen LogP contribution in [0.25, 0.3) is 0 Å². The summed E-state index contributed by atoms with van der Waals surface area (Å²) >= 11 is 0. The monoisotopic (exact) mass is 433 g/mol. The van der Waals surface area contributed by atoms with Crippen molar-refractivity contribution < 1.29 is 17.5 Å². The zero-order chi connectivity index (χ0) is 21.3. The summed E-state index contributed by atoms with van der Waals surface area (Å²) in [4.78, 5) is 4.82. The van der Waals surface area contributed by atoms with E-state index in [2.05, 4.69) is 9.80 Å². The number of ether oxygens (including phenoxy) is 1. The van der Waals surface area contributed by atoms with E-state index in [1.54, 1.807) is 35.7 Å². The van der Waals surface area contributed by atoms with Gasteiger partial charge in [-0.3, -0.25) is 4.90 Å². The summed E-state index contributed by atoms with van der Waals surface area (Å²) in [5.74, 6) is 0.384. The molecule has 1 unspecified atom stereocenters. The summed E-state index contributed by atoms with van der Waals surface area (Å²) in [6, 6.07) is 11.8. The van der Waals surface area contributed by atoms with Gasteiger partial charge >= 0.3 is 0 Å². The maximum atomic E-state index is 13.4. The first-order chi connectivity index (χ1) is 14.5. The van der Waals surface area contributed by atoms with Gasteiger partial charge in [0.15, 0.2) is 0 Å². The molecule has 4 rings (SSSR count). The Kier molecular flexibility index (Phi) is 5.99. The zero-order valence-corrected chi connectivity index (χ0v) is 18.2. The lowest BCUT2D eigenvalue weighted by atomic mass is 10.1. The number of fused-ring (bicyclic) bond motifs is 1. The molecule has 2 aromatic rings. The predicted molar refractivity (Wildman–Crippen MR) is 115 cm³/mol. The van der Waals surface area contributed by atoms with Crippen molar-refractivity contribution in [1.29, 1.82) is 0 Å². The molecule has 30 heavy (non-hydrogen) atoms. The molecule has 162 valence electrons. The van der Waals surface area contributed by atoms with Gasteiger partial charge in [0.05, 0.1) is 18.2 Å². The van der Waals surface area contributed by atoms with Gasteiger partial charge in [-0.2, -0.15) is 4.31 Å². The number of piperazine rings is 1. The minimum absolute atomic E-state index is 0.228. The Morgan fingerprint density at radius 2 is 1.77 bits per heavy atom. The van der Waals surface area contributed by atoms with Crippen molar-refractivity contribution in [2.75, 3.05) is 44.7 Å². The fourth-order valence-corrected chi connectivity index (χ4v) is 6.43. The standard InChI is InChI=1S/C22H28FN3O3S/c1-3-11-26-22(16-19-20(29-2)5-4-6-21(19)30(26,27)28)25-14-12-24(13-15-25)18-9-7-17(23)8-10-18/h4-10,22H,3,11-16H2,1-2H3. The molecular formula is C22H28FN3O3S. The van der Waals surface area contributed by atoms with E-state index in [0.29, 0.717) is 23.6 Å². The quantitative estimate of drug-likeness (QED) is 0.726. The van der Waals surface area contributed by atoms with E-state index in [0.717, 1.165) is 43.9 Å². The number of sulfonamides is 1. The zero-order valence-electron chi connectivity index (χ0n) is 17.4. The minimum Gasteiger partial charge on any atom is -0.496 e. The highest BCUT2D eigenvalue weighted by atomic mass is 32.2. The highest BCUT2D eigenvalue weighted by molar-refractivity contribution is 7.89. The Morgan fingerprint density at radius 1 is 1.07 bits per heavy atom. The second-order valence-corrected chi connectivity index (χ2v) is 9.60. The van der Waals surface area contributed by atoms with Crippen LogP contribution in [0.1, 0.15) is 18.9 Å². The van der Waals surface area contributed by atoms with Crippen LogP contribution in [0.5, 0.6) is 5.75 Å². The number of rotatable bonds is 5. The first-order valence-corrected chi connectivity index (χ1v) is 11.8. The van der Waals surface area contributed by atoms with Crippen molar-refractivity contribution in [2.24, 2.45) is 0 Å². The minimum atomic E-state index is -3.59. The normalized spacial score (nSPS) is 22.0. The molecule has 2 aliphatic rings. The Labute approximate surface area is 177 Å². The van der Waals surface area contributed by atoms with Gasteiger partial charge < -0.3 is 9.64 Å². The van der Waals surface area contributed by atoms with E-state index < -0.39 is 10.0 Å². The van der Waals surface area contributed by atoms with Crippen molar-refractivity contribution in [3.05, 3.63) is 53.8 Å². The molecule has 1 saturated heterocycles. The van der Waals surface area contributed by atoms with Gasteiger partial charge in [-0.05, 0) is 42.8 Å². The van der Waals surface area contributed by atoms with Crippen LogP contribution >= 0.6 is 0 Å². The molecular weight excluding hydrogens is 405 g/mol. The predicted octanol–water partition coefficient (Wildman–Crippen LogP) is 2.94. The molecule has 0 spiro atoms. The average Bonchev–Trinajstić information content (AvgIpc) is 2.76. The SMILES string of the molecule is CCCN1C(N2CCN(c3ccc(F)cc3)CC2)Cc2c(OC)cccc2S1(=O)=O. The summed E-state index contributed by atoms with van der Waals surface area (Å²) in [5.41, 5.74) is 1.75. The van der Waals surface area contributed by atoms with Crippen LogP contribution in [0, 0.1) is 5.82 Å². The van der Waals surface area contributed by atoms with Crippen LogP contribution in [0.15, 0.2) is 47.4 Å². The highest BCUT2D eigenvalue weighted by Crippen LogP contribution is 2.37. The van der Waals surface area contributed by atoms with Gasteiger partial charge in [0, 0.05) is 50.4 Å². The average molecular weight is 434 g/mol. The molecule has 0 bridgehead atoms. The van der Waals surface area contributed by atoms with Gasteiger partial charge in [-0.25, -0.2) is 12.8 Å². The third kappa shape index (κ3) is 3.79. The van der Waals surface area contributed by atoms with Crippen molar-refractivity contribution in [1.82, 2.24) is 9.21 Å². The molecule has 0 saturated carbocycles. The molecule has 0 amide bonds. The smallest absolute Gasteiger partial charge is 0.244 e.